The molecule has 0 aromatic carbocycles. The van der Waals surface area contributed by atoms with Crippen molar-refractivity contribution in [2.75, 3.05) is 0 Å². The normalized spacial score (nSPS) is 15.6. The molecule has 0 N–H and O–H groups in total. The van der Waals surface area contributed by atoms with Gasteiger partial charge in [0, 0.05) is 4.53 Å². The smallest absolute Gasteiger partial charge is 0.0306 e. The van der Waals surface area contributed by atoms with Crippen molar-refractivity contribution in [2.24, 2.45) is 0 Å². The molecule has 94 valence electrons. The molecule has 0 bridgehead atoms. The molecule has 18 heavy (non-hydrogen) atoms. The Hall–Kier alpha value is -1.60. The highest BCUT2D eigenvalue weighted by Crippen LogP contribution is 2.11. The molecule has 0 aliphatic rings. The van der Waals surface area contributed by atoms with Gasteiger partial charge in [-0.3, -0.25) is 0 Å². The van der Waals surface area contributed by atoms with Crippen molar-refractivity contribution >= 4 is 23.0 Å². The lowest BCUT2D eigenvalue weighted by molar-refractivity contribution is 1.47. The van der Waals surface area contributed by atoms with Gasteiger partial charge in [-0.25, -0.2) is 0 Å². The van der Waals surface area contributed by atoms with Crippen LogP contribution in [0, 0.1) is 0 Å². The Morgan fingerprint density at radius 2 is 1.89 bits per heavy atom. The molecule has 0 spiro atoms. The first kappa shape index (κ1) is 14.5. The Morgan fingerprint density at radius 3 is 2.44 bits per heavy atom. The van der Waals surface area contributed by atoms with E-state index in [-0.39, 0.29) is 0 Å². The minimum absolute atomic E-state index is 1.16. The van der Waals surface area contributed by atoms with Crippen molar-refractivity contribution in [2.45, 2.75) is 20.8 Å². The Morgan fingerprint density at radius 1 is 1.17 bits per heavy atom. The van der Waals surface area contributed by atoms with Crippen LogP contribution in [0.5, 0.6) is 0 Å². The van der Waals surface area contributed by atoms with Gasteiger partial charge in [0.2, 0.25) is 0 Å². The maximum atomic E-state index is 3.93. The van der Waals surface area contributed by atoms with Gasteiger partial charge in [0.15, 0.2) is 0 Å². The van der Waals surface area contributed by atoms with Gasteiger partial charge in [-0.1, -0.05) is 49.1 Å². The van der Waals surface area contributed by atoms with Crippen molar-refractivity contribution in [3.8, 4) is 0 Å². The van der Waals surface area contributed by atoms with Crippen molar-refractivity contribution in [3.05, 3.63) is 69.8 Å². The maximum absolute atomic E-state index is 3.93. The van der Waals surface area contributed by atoms with Crippen LogP contribution in [0.1, 0.15) is 20.8 Å². The molecule has 0 aliphatic carbocycles. The molecule has 0 amide bonds. The molecular weight excluding hydrogens is 236 g/mol. The summed E-state index contributed by atoms with van der Waals surface area (Å²) in [5.41, 5.74) is 3.57. The highest BCUT2D eigenvalue weighted by atomic mass is 32.1. The topological polar surface area (TPSA) is 0 Å². The van der Waals surface area contributed by atoms with E-state index in [1.54, 1.807) is 11.3 Å². The molecule has 1 heterocycles. The number of hydrogen-bond acceptors (Lipinski definition) is 1. The summed E-state index contributed by atoms with van der Waals surface area (Å²) < 4.78 is 1.29. The molecule has 1 aromatic rings. The van der Waals surface area contributed by atoms with E-state index in [2.05, 4.69) is 56.7 Å². The minimum Gasteiger partial charge on any atom is -0.144 e. The largest absolute Gasteiger partial charge is 0.144 e. The predicted octanol–water partition coefficient (Wildman–Crippen LogP) is 3.96. The number of rotatable bonds is 4. The Kier molecular flexibility index (Phi) is 5.60. The monoisotopic (exact) mass is 256 g/mol. The molecule has 0 nitrogen and oxygen atoms in total. The van der Waals surface area contributed by atoms with E-state index in [1.165, 1.54) is 20.9 Å². The van der Waals surface area contributed by atoms with Gasteiger partial charge in [-0.15, -0.1) is 11.3 Å². The van der Waals surface area contributed by atoms with Gasteiger partial charge < -0.3 is 0 Å². The second kappa shape index (κ2) is 6.97. The van der Waals surface area contributed by atoms with Crippen LogP contribution in [0.3, 0.4) is 0 Å². The molecule has 0 unspecified atom stereocenters. The molecule has 0 fully saturated rings. The molecule has 0 saturated heterocycles. The van der Waals surface area contributed by atoms with Crippen molar-refractivity contribution in [1.29, 1.82) is 0 Å². The molecule has 1 heteroatoms. The summed E-state index contributed by atoms with van der Waals surface area (Å²) in [6.07, 6.45) is 10.1. The van der Waals surface area contributed by atoms with Gasteiger partial charge >= 0.3 is 0 Å². The zero-order valence-corrected chi connectivity index (χ0v) is 12.2. The Balaban J connectivity index is 3.41. The third kappa shape index (κ3) is 3.44. The van der Waals surface area contributed by atoms with Gasteiger partial charge in [0.25, 0.3) is 0 Å². The number of hydrogen-bond donors (Lipinski definition) is 0. The van der Waals surface area contributed by atoms with E-state index in [0.717, 1.165) is 5.57 Å². The van der Waals surface area contributed by atoms with E-state index in [1.807, 2.05) is 19.1 Å². The van der Waals surface area contributed by atoms with E-state index in [0.29, 0.717) is 0 Å². The van der Waals surface area contributed by atoms with Crippen LogP contribution >= 0.6 is 11.3 Å². The van der Waals surface area contributed by atoms with Gasteiger partial charge in [0.1, 0.15) is 0 Å². The summed E-state index contributed by atoms with van der Waals surface area (Å²) in [6.45, 7) is 13.9. The fourth-order valence-electron chi connectivity index (χ4n) is 1.66. The van der Waals surface area contributed by atoms with Gasteiger partial charge in [0.05, 0.1) is 0 Å². The summed E-state index contributed by atoms with van der Waals surface area (Å²) in [7, 11) is 0. The summed E-state index contributed by atoms with van der Waals surface area (Å²) in [6, 6.07) is 2.15. The van der Waals surface area contributed by atoms with Crippen molar-refractivity contribution in [1.82, 2.24) is 0 Å². The van der Waals surface area contributed by atoms with Crippen LogP contribution in [0.4, 0.5) is 0 Å². The predicted molar refractivity (Wildman–Crippen MR) is 85.0 cm³/mol. The second-order valence-electron chi connectivity index (χ2n) is 4.07. The lowest BCUT2D eigenvalue weighted by Gasteiger charge is -2.00. The second-order valence-corrected chi connectivity index (χ2v) is 5.02. The first-order chi connectivity index (χ1) is 8.63. The third-order valence-corrected chi connectivity index (χ3v) is 3.78. The van der Waals surface area contributed by atoms with E-state index in [4.69, 9.17) is 0 Å². The van der Waals surface area contributed by atoms with Crippen LogP contribution in [0.2, 0.25) is 0 Å². The molecular formula is C17H20S. The molecule has 0 radical (unpaired) electrons. The fraction of sp³-hybridized carbons (Fsp3) is 0.176. The summed E-state index contributed by atoms with van der Waals surface area (Å²) in [5, 5.41) is 3.38. The first-order valence-electron chi connectivity index (χ1n) is 5.98. The van der Waals surface area contributed by atoms with E-state index in [9.17, 15) is 0 Å². The van der Waals surface area contributed by atoms with E-state index >= 15 is 0 Å². The molecule has 1 rings (SSSR count). The number of allylic oxidation sites excluding steroid dienone is 6. The fourth-order valence-corrected chi connectivity index (χ4v) is 2.46. The average molecular weight is 256 g/mol. The quantitative estimate of drug-likeness (QED) is 0.715. The highest BCUT2D eigenvalue weighted by molar-refractivity contribution is 7.07. The molecule has 0 saturated carbocycles. The van der Waals surface area contributed by atoms with Crippen LogP contribution in [-0.2, 0) is 0 Å². The summed E-state index contributed by atoms with van der Waals surface area (Å²) in [5.74, 6) is 0. The number of thiophene rings is 1. The Labute approximate surface area is 114 Å². The van der Waals surface area contributed by atoms with Crippen LogP contribution < -0.4 is 9.75 Å². The zero-order chi connectivity index (χ0) is 13.5. The van der Waals surface area contributed by atoms with Gasteiger partial charge in [-0.05, 0) is 48.6 Å². The summed E-state index contributed by atoms with van der Waals surface area (Å²) >= 11 is 1.76. The van der Waals surface area contributed by atoms with Crippen LogP contribution in [-0.4, -0.2) is 0 Å². The summed E-state index contributed by atoms with van der Waals surface area (Å²) in [4.78, 5) is 0. The lowest BCUT2D eigenvalue weighted by Crippen LogP contribution is -2.20. The Bertz CT molecular complexity index is 606. The standard InChI is InChI=1S/C17H20S/c1-6-13(4)9-10-14(5)15(7-2)16-11-12-18-17(16)8-3/h6-12H,1-2H2,3-5H3/b13-9-,14-10+,16-15+,17-8+. The molecule has 0 aliphatic heterocycles. The average Bonchev–Trinajstić information content (AvgIpc) is 2.85. The third-order valence-electron chi connectivity index (χ3n) is 2.79. The van der Waals surface area contributed by atoms with Crippen LogP contribution in [0.15, 0.2) is 60.1 Å². The first-order valence-corrected chi connectivity index (χ1v) is 6.86. The minimum atomic E-state index is 1.16. The van der Waals surface area contributed by atoms with Crippen LogP contribution in [0.25, 0.3) is 11.6 Å². The molecule has 1 aromatic heterocycles. The SMILES string of the molecule is C=C\C(C)=C/C=C(C)/C(C=C)=c1\ccs\c1=C\C. The maximum Gasteiger partial charge on any atom is 0.0306 e. The van der Waals surface area contributed by atoms with Gasteiger partial charge in [-0.2, -0.15) is 0 Å². The lowest BCUT2D eigenvalue weighted by atomic mass is 10.0. The molecule has 0 atom stereocenters. The van der Waals surface area contributed by atoms with Crippen molar-refractivity contribution in [3.63, 3.8) is 0 Å². The highest BCUT2D eigenvalue weighted by Gasteiger charge is 1.98. The van der Waals surface area contributed by atoms with Crippen molar-refractivity contribution < 1.29 is 0 Å². The zero-order valence-electron chi connectivity index (χ0n) is 11.4. The van der Waals surface area contributed by atoms with E-state index < -0.39 is 0 Å².